The van der Waals surface area contributed by atoms with Gasteiger partial charge in [-0.15, -0.1) is 0 Å². The number of hydrogen-bond acceptors (Lipinski definition) is 5. The van der Waals surface area contributed by atoms with Gasteiger partial charge in [-0.05, 0) is 47.5 Å². The summed E-state index contributed by atoms with van der Waals surface area (Å²) in [6, 6.07) is 21.7. The van der Waals surface area contributed by atoms with Crippen LogP contribution in [0.3, 0.4) is 0 Å². The summed E-state index contributed by atoms with van der Waals surface area (Å²) in [5.41, 5.74) is 2.18. The summed E-state index contributed by atoms with van der Waals surface area (Å²) in [6.45, 7) is 4.74. The lowest BCUT2D eigenvalue weighted by Crippen LogP contribution is -2.30. The van der Waals surface area contributed by atoms with Gasteiger partial charge in [-0.2, -0.15) is 4.31 Å². The Morgan fingerprint density at radius 1 is 0.971 bits per heavy atom. The van der Waals surface area contributed by atoms with E-state index in [9.17, 15) is 13.2 Å². The van der Waals surface area contributed by atoms with Crippen LogP contribution >= 0.6 is 0 Å². The van der Waals surface area contributed by atoms with Gasteiger partial charge in [0.2, 0.25) is 15.9 Å². The number of ether oxygens (including phenoxy) is 2. The summed E-state index contributed by atoms with van der Waals surface area (Å²) in [4.78, 5) is 12.6. The largest absolute Gasteiger partial charge is 0.495 e. The second kappa shape index (κ2) is 12.2. The predicted octanol–water partition coefficient (Wildman–Crippen LogP) is 4.96. The zero-order valence-electron chi connectivity index (χ0n) is 20.1. The Morgan fingerprint density at radius 2 is 1.66 bits per heavy atom. The Hall–Kier alpha value is -3.62. The van der Waals surface area contributed by atoms with Crippen molar-refractivity contribution < 1.29 is 22.7 Å². The minimum absolute atomic E-state index is 0.0902. The molecule has 0 unspecified atom stereocenters. The third-order valence-corrected chi connectivity index (χ3v) is 7.37. The summed E-state index contributed by atoms with van der Waals surface area (Å²) in [7, 11) is -2.21. The number of nitrogens with one attached hydrogen (secondary N) is 1. The van der Waals surface area contributed by atoms with Gasteiger partial charge in [-0.25, -0.2) is 8.42 Å². The molecule has 3 rings (SSSR count). The highest BCUT2D eigenvalue weighted by molar-refractivity contribution is 7.89. The number of anilines is 1. The summed E-state index contributed by atoms with van der Waals surface area (Å²) in [5, 5.41) is 2.71. The fourth-order valence-corrected chi connectivity index (χ4v) is 4.90. The quantitative estimate of drug-likeness (QED) is 0.381. The lowest BCUT2D eigenvalue weighted by molar-refractivity contribution is -0.111. The fourth-order valence-electron chi connectivity index (χ4n) is 3.42. The minimum atomic E-state index is -3.67. The van der Waals surface area contributed by atoms with Crippen LogP contribution in [0.4, 0.5) is 5.69 Å². The maximum atomic E-state index is 12.8. The number of rotatable bonds is 11. The zero-order valence-corrected chi connectivity index (χ0v) is 20.9. The molecule has 3 aromatic carbocycles. The van der Waals surface area contributed by atoms with Gasteiger partial charge in [0.05, 0.1) is 17.7 Å². The molecule has 1 N–H and O–H groups in total. The maximum Gasteiger partial charge on any atom is 0.248 e. The number of carbonyl (C=O) groups is 1. The molecule has 0 fully saturated rings. The molecule has 184 valence electrons. The lowest BCUT2D eigenvalue weighted by Gasteiger charge is -2.19. The van der Waals surface area contributed by atoms with E-state index in [1.165, 1.54) is 35.7 Å². The lowest BCUT2D eigenvalue weighted by atomic mass is 10.2. The van der Waals surface area contributed by atoms with E-state index in [1.54, 1.807) is 19.9 Å². The highest BCUT2D eigenvalue weighted by atomic mass is 32.2. The number of methoxy groups -OCH3 is 1. The van der Waals surface area contributed by atoms with Crippen molar-refractivity contribution in [2.24, 2.45) is 0 Å². The van der Waals surface area contributed by atoms with Gasteiger partial charge in [0.25, 0.3) is 0 Å². The molecule has 35 heavy (non-hydrogen) atoms. The van der Waals surface area contributed by atoms with Crippen LogP contribution in [-0.4, -0.2) is 38.8 Å². The van der Waals surface area contributed by atoms with E-state index >= 15 is 0 Å². The second-order valence-corrected chi connectivity index (χ2v) is 9.56. The summed E-state index contributed by atoms with van der Waals surface area (Å²) in [6.07, 6.45) is 3.05. The standard InChI is InChI=1S/C27H30N2O5S/c1-4-29(5-2)35(31,32)24-16-17-26(33-3)25(19-24)28-27(30)18-13-21-11-14-23(15-12-21)34-20-22-9-7-6-8-10-22/h6-19H,4-5,20H2,1-3H3,(H,28,30)/b18-13+. The maximum absolute atomic E-state index is 12.8. The van der Waals surface area contributed by atoms with E-state index < -0.39 is 15.9 Å². The first-order valence-corrected chi connectivity index (χ1v) is 12.8. The highest BCUT2D eigenvalue weighted by Gasteiger charge is 2.23. The number of carbonyl (C=O) groups excluding carboxylic acids is 1. The molecule has 0 radical (unpaired) electrons. The van der Waals surface area contributed by atoms with Crippen LogP contribution in [0.15, 0.2) is 83.8 Å². The number of nitrogens with zero attached hydrogens (tertiary/aromatic N) is 1. The topological polar surface area (TPSA) is 84.9 Å². The highest BCUT2D eigenvalue weighted by Crippen LogP contribution is 2.29. The second-order valence-electron chi connectivity index (χ2n) is 7.62. The normalized spacial score (nSPS) is 11.5. The van der Waals surface area contributed by atoms with Crippen molar-refractivity contribution in [3.05, 3.63) is 90.0 Å². The molecule has 0 bridgehead atoms. The minimum Gasteiger partial charge on any atom is -0.495 e. The van der Waals surface area contributed by atoms with Crippen molar-refractivity contribution in [3.63, 3.8) is 0 Å². The Balaban J connectivity index is 1.66. The van der Waals surface area contributed by atoms with E-state index in [2.05, 4.69) is 5.32 Å². The average molecular weight is 495 g/mol. The smallest absolute Gasteiger partial charge is 0.248 e. The molecule has 0 aliphatic heterocycles. The Labute approximate surface area is 207 Å². The van der Waals surface area contributed by atoms with Crippen molar-refractivity contribution in [1.29, 1.82) is 0 Å². The molecule has 8 heteroatoms. The first-order chi connectivity index (χ1) is 16.9. The van der Waals surface area contributed by atoms with Gasteiger partial charge in [0.1, 0.15) is 18.1 Å². The van der Waals surface area contributed by atoms with Crippen LogP contribution in [0.1, 0.15) is 25.0 Å². The Bertz CT molecular complexity index is 1250. The first kappa shape index (κ1) is 26.0. The van der Waals surface area contributed by atoms with Gasteiger partial charge in [0, 0.05) is 19.2 Å². The van der Waals surface area contributed by atoms with E-state index in [0.29, 0.717) is 25.4 Å². The van der Waals surface area contributed by atoms with Crippen LogP contribution in [0.2, 0.25) is 0 Å². The number of sulfonamides is 1. The molecule has 0 aliphatic rings. The van der Waals surface area contributed by atoms with Crippen LogP contribution < -0.4 is 14.8 Å². The monoisotopic (exact) mass is 494 g/mol. The van der Waals surface area contributed by atoms with Gasteiger partial charge < -0.3 is 14.8 Å². The zero-order chi connectivity index (χ0) is 25.3. The average Bonchev–Trinajstić information content (AvgIpc) is 2.88. The van der Waals surface area contributed by atoms with E-state index in [1.807, 2.05) is 54.6 Å². The summed E-state index contributed by atoms with van der Waals surface area (Å²) < 4.78 is 38.1. The van der Waals surface area contributed by atoms with Gasteiger partial charge in [0.15, 0.2) is 0 Å². The van der Waals surface area contributed by atoms with Crippen molar-refractivity contribution in [1.82, 2.24) is 4.31 Å². The number of benzene rings is 3. The molecular weight excluding hydrogens is 464 g/mol. The molecule has 7 nitrogen and oxygen atoms in total. The van der Waals surface area contributed by atoms with Gasteiger partial charge in [-0.3, -0.25) is 4.79 Å². The SMILES string of the molecule is CCN(CC)S(=O)(=O)c1ccc(OC)c(NC(=O)/C=C/c2ccc(OCc3ccccc3)cc2)c1. The third-order valence-electron chi connectivity index (χ3n) is 5.33. The molecule has 0 atom stereocenters. The van der Waals surface area contributed by atoms with E-state index in [4.69, 9.17) is 9.47 Å². The van der Waals surface area contributed by atoms with E-state index in [-0.39, 0.29) is 10.6 Å². The van der Waals surface area contributed by atoms with Gasteiger partial charge >= 0.3 is 0 Å². The molecule has 0 saturated heterocycles. The molecular formula is C27H30N2O5S. The molecule has 0 spiro atoms. The van der Waals surface area contributed by atoms with Crippen molar-refractivity contribution in [2.75, 3.05) is 25.5 Å². The number of hydrogen-bond donors (Lipinski definition) is 1. The van der Waals surface area contributed by atoms with Gasteiger partial charge in [-0.1, -0.05) is 56.3 Å². The third kappa shape index (κ3) is 6.94. The summed E-state index contributed by atoms with van der Waals surface area (Å²) in [5.74, 6) is 0.682. The van der Waals surface area contributed by atoms with Crippen LogP contribution in [-0.2, 0) is 21.4 Å². The van der Waals surface area contributed by atoms with E-state index in [0.717, 1.165) is 16.9 Å². The summed E-state index contributed by atoms with van der Waals surface area (Å²) >= 11 is 0. The van der Waals surface area contributed by atoms with Crippen molar-refractivity contribution in [2.45, 2.75) is 25.3 Å². The predicted molar refractivity (Wildman–Crippen MR) is 138 cm³/mol. The van der Waals surface area contributed by atoms with Crippen molar-refractivity contribution in [3.8, 4) is 11.5 Å². The van der Waals surface area contributed by atoms with Crippen LogP contribution in [0.25, 0.3) is 6.08 Å². The Morgan fingerprint density at radius 3 is 2.29 bits per heavy atom. The number of amides is 1. The molecule has 3 aromatic rings. The van der Waals surface area contributed by atoms with Crippen LogP contribution in [0.5, 0.6) is 11.5 Å². The molecule has 0 aliphatic carbocycles. The Kier molecular flexibility index (Phi) is 9.05. The fraction of sp³-hybridized carbons (Fsp3) is 0.222. The molecule has 0 saturated carbocycles. The van der Waals surface area contributed by atoms with Crippen LogP contribution in [0, 0.1) is 0 Å². The molecule has 0 aromatic heterocycles. The molecule has 0 heterocycles. The van der Waals surface area contributed by atoms with Crippen molar-refractivity contribution >= 4 is 27.7 Å². The molecule has 1 amide bonds. The first-order valence-electron chi connectivity index (χ1n) is 11.3.